The molecule has 4 rings (SSSR count). The Bertz CT molecular complexity index is 1630. The topological polar surface area (TPSA) is 149 Å². The second-order valence-electron chi connectivity index (χ2n) is 11.6. The van der Waals surface area contributed by atoms with Crippen LogP contribution in [0.15, 0.2) is 97.1 Å². The van der Waals surface area contributed by atoms with Gasteiger partial charge in [0.1, 0.15) is 5.69 Å². The van der Waals surface area contributed by atoms with Gasteiger partial charge < -0.3 is 31.3 Å². The summed E-state index contributed by atoms with van der Waals surface area (Å²) < 4.78 is 0. The van der Waals surface area contributed by atoms with E-state index in [1.54, 1.807) is 12.1 Å². The van der Waals surface area contributed by atoms with Crippen LogP contribution >= 0.6 is 0 Å². The van der Waals surface area contributed by atoms with Crippen LogP contribution in [0.3, 0.4) is 0 Å². The monoisotopic (exact) mass is 652 g/mol. The van der Waals surface area contributed by atoms with Gasteiger partial charge in [-0.1, -0.05) is 49.2 Å². The van der Waals surface area contributed by atoms with E-state index in [4.69, 9.17) is 5.11 Å². The van der Waals surface area contributed by atoms with Crippen molar-refractivity contribution in [3.05, 3.63) is 113 Å². The maximum Gasteiger partial charge on any atom is 0.294 e. The van der Waals surface area contributed by atoms with Crippen LogP contribution in [-0.2, 0) is 9.59 Å². The first-order valence-electron chi connectivity index (χ1n) is 16.3. The molecule has 48 heavy (non-hydrogen) atoms. The molecule has 11 nitrogen and oxygen atoms in total. The van der Waals surface area contributed by atoms with Gasteiger partial charge in [-0.2, -0.15) is 0 Å². The van der Waals surface area contributed by atoms with Crippen LogP contribution in [0.1, 0.15) is 44.1 Å². The van der Waals surface area contributed by atoms with E-state index in [-0.39, 0.29) is 37.0 Å². The number of carbonyl (C=O) groups excluding carboxylic acids is 2. The van der Waals surface area contributed by atoms with E-state index in [2.05, 4.69) is 26.2 Å². The van der Waals surface area contributed by atoms with Gasteiger partial charge >= 0.3 is 0 Å². The van der Waals surface area contributed by atoms with Crippen LogP contribution in [0.4, 0.5) is 39.8 Å². The number of nitrogens with one attached hydrogen (secondary N) is 4. The number of hydrogen-bond acceptors (Lipinski definition) is 8. The largest absolute Gasteiger partial charge is 0.396 e. The number of anilines is 6. The third-order valence-corrected chi connectivity index (χ3v) is 7.79. The number of amides is 2. The van der Waals surface area contributed by atoms with Crippen molar-refractivity contribution in [1.29, 1.82) is 0 Å². The molecule has 0 aromatic heterocycles. The zero-order chi connectivity index (χ0) is 34.1. The van der Waals surface area contributed by atoms with Gasteiger partial charge in [0.15, 0.2) is 0 Å². The van der Waals surface area contributed by atoms with Crippen molar-refractivity contribution < 1.29 is 19.6 Å². The molecule has 0 aliphatic heterocycles. The molecule has 0 aliphatic carbocycles. The number of rotatable bonds is 19. The molecule has 0 bridgehead atoms. The minimum Gasteiger partial charge on any atom is -0.396 e. The SMILES string of the molecule is Cc1cc(NC(=O)CCN(CCCCCCO)CCC(=O)Nc2ccc(Nc3ccccc3)c([N+](=O)[O-])c2)ccc1Nc1ccccc1. The number of carbonyl (C=O) groups is 2. The highest BCUT2D eigenvalue weighted by Crippen LogP contribution is 2.30. The molecule has 0 unspecified atom stereocenters. The number of nitro groups is 1. The Labute approximate surface area is 281 Å². The molecule has 0 fully saturated rings. The fraction of sp³-hybridized carbons (Fsp3) is 0.297. The van der Waals surface area contributed by atoms with Crippen molar-refractivity contribution in [2.45, 2.75) is 45.4 Å². The Morgan fingerprint density at radius 2 is 1.19 bits per heavy atom. The average molecular weight is 653 g/mol. The van der Waals surface area contributed by atoms with Crippen molar-refractivity contribution in [2.24, 2.45) is 0 Å². The molecule has 0 saturated carbocycles. The molecule has 0 saturated heterocycles. The van der Waals surface area contributed by atoms with E-state index in [0.29, 0.717) is 42.4 Å². The van der Waals surface area contributed by atoms with Gasteiger partial charge in [-0.3, -0.25) is 19.7 Å². The molecule has 252 valence electrons. The first-order valence-corrected chi connectivity index (χ1v) is 16.3. The van der Waals surface area contributed by atoms with Crippen molar-refractivity contribution in [2.75, 3.05) is 47.5 Å². The van der Waals surface area contributed by atoms with Crippen molar-refractivity contribution in [3.63, 3.8) is 0 Å². The van der Waals surface area contributed by atoms with Crippen molar-refractivity contribution in [1.82, 2.24) is 4.90 Å². The van der Waals surface area contributed by atoms with E-state index < -0.39 is 4.92 Å². The first kappa shape index (κ1) is 35.6. The molecule has 0 heterocycles. The molecular formula is C37H44N6O5. The van der Waals surface area contributed by atoms with Crippen LogP contribution in [0.25, 0.3) is 0 Å². The van der Waals surface area contributed by atoms with Gasteiger partial charge in [-0.15, -0.1) is 0 Å². The number of hydrogen-bond donors (Lipinski definition) is 5. The molecule has 11 heteroatoms. The third-order valence-electron chi connectivity index (χ3n) is 7.79. The molecule has 2 amide bonds. The molecule has 0 atom stereocenters. The minimum absolute atomic E-state index is 0.121. The van der Waals surface area contributed by atoms with E-state index in [1.165, 1.54) is 6.07 Å². The van der Waals surface area contributed by atoms with Crippen LogP contribution in [0.5, 0.6) is 0 Å². The number of aliphatic hydroxyl groups excluding tert-OH is 1. The second-order valence-corrected chi connectivity index (χ2v) is 11.6. The lowest BCUT2D eigenvalue weighted by molar-refractivity contribution is -0.383. The summed E-state index contributed by atoms with van der Waals surface area (Å²) >= 11 is 0. The van der Waals surface area contributed by atoms with E-state index in [9.17, 15) is 19.7 Å². The number of aliphatic hydroxyl groups is 1. The summed E-state index contributed by atoms with van der Waals surface area (Å²) in [5, 5.41) is 33.1. The molecule has 0 spiro atoms. The van der Waals surface area contributed by atoms with Gasteiger partial charge in [0, 0.05) is 67.0 Å². The van der Waals surface area contributed by atoms with E-state index in [1.807, 2.05) is 85.8 Å². The van der Waals surface area contributed by atoms with Gasteiger partial charge in [0.05, 0.1) is 4.92 Å². The number of nitrogens with zero attached hydrogens (tertiary/aromatic N) is 2. The normalized spacial score (nSPS) is 10.8. The highest BCUT2D eigenvalue weighted by atomic mass is 16.6. The van der Waals surface area contributed by atoms with E-state index >= 15 is 0 Å². The van der Waals surface area contributed by atoms with Crippen LogP contribution < -0.4 is 21.3 Å². The highest BCUT2D eigenvalue weighted by Gasteiger charge is 2.17. The number of aryl methyl sites for hydroxylation is 1. The lowest BCUT2D eigenvalue weighted by Crippen LogP contribution is -2.32. The minimum atomic E-state index is -0.484. The molecule has 0 aliphatic rings. The second kappa shape index (κ2) is 18.8. The predicted octanol–water partition coefficient (Wildman–Crippen LogP) is 7.60. The Balaban J connectivity index is 1.30. The quantitative estimate of drug-likeness (QED) is 0.0395. The van der Waals surface area contributed by atoms with Crippen LogP contribution in [0, 0.1) is 17.0 Å². The summed E-state index contributed by atoms with van der Waals surface area (Å²) in [6, 6.07) is 29.3. The number of unbranched alkanes of at least 4 members (excludes halogenated alkanes) is 3. The summed E-state index contributed by atoms with van der Waals surface area (Å²) in [6.45, 7) is 3.74. The van der Waals surface area contributed by atoms with Gasteiger partial charge in [-0.05, 0) is 86.5 Å². The summed E-state index contributed by atoms with van der Waals surface area (Å²) in [5.74, 6) is -0.396. The smallest absolute Gasteiger partial charge is 0.294 e. The summed E-state index contributed by atoms with van der Waals surface area (Å²) in [7, 11) is 0. The fourth-order valence-corrected chi connectivity index (χ4v) is 5.20. The van der Waals surface area contributed by atoms with Crippen LogP contribution in [0.2, 0.25) is 0 Å². The predicted molar refractivity (Wildman–Crippen MR) is 192 cm³/mol. The third kappa shape index (κ3) is 11.8. The van der Waals surface area contributed by atoms with E-state index in [0.717, 1.165) is 42.6 Å². The highest BCUT2D eigenvalue weighted by molar-refractivity contribution is 5.92. The zero-order valence-corrected chi connectivity index (χ0v) is 27.3. The van der Waals surface area contributed by atoms with Crippen molar-refractivity contribution >= 4 is 51.6 Å². The molecular weight excluding hydrogens is 608 g/mol. The molecule has 4 aromatic carbocycles. The van der Waals surface area contributed by atoms with Gasteiger partial charge in [0.2, 0.25) is 11.8 Å². The summed E-state index contributed by atoms with van der Waals surface area (Å²) in [4.78, 5) is 39.2. The Morgan fingerprint density at radius 1 is 0.667 bits per heavy atom. The Hall–Kier alpha value is -5.26. The average Bonchev–Trinajstić information content (AvgIpc) is 3.08. The summed E-state index contributed by atoms with van der Waals surface area (Å²) in [5.41, 5.74) is 4.88. The standard InChI is InChI=1S/C37H44N6O5/c1-28-26-31(16-18-33(28)38-29-12-6-4-7-13-29)40-36(45)20-23-42(22-10-2-3-11-25-44)24-21-37(46)41-32-17-19-34(35(27-32)43(47)48)39-30-14-8-5-9-15-30/h4-9,12-19,26-27,38-39,44H,2-3,10-11,20-25H2,1H3,(H,40,45)(H,41,46). The lowest BCUT2D eigenvalue weighted by atomic mass is 10.1. The van der Waals surface area contributed by atoms with Gasteiger partial charge in [0.25, 0.3) is 5.69 Å². The number of para-hydroxylation sites is 2. The number of benzene rings is 4. The fourth-order valence-electron chi connectivity index (χ4n) is 5.20. The Kier molecular flexibility index (Phi) is 13.9. The zero-order valence-electron chi connectivity index (χ0n) is 27.3. The number of nitro benzene ring substituents is 1. The van der Waals surface area contributed by atoms with Crippen LogP contribution in [-0.4, -0.2) is 53.0 Å². The Morgan fingerprint density at radius 3 is 1.73 bits per heavy atom. The summed E-state index contributed by atoms with van der Waals surface area (Å²) in [6.07, 6.45) is 3.88. The molecule has 0 radical (unpaired) electrons. The molecule has 5 N–H and O–H groups in total. The lowest BCUT2D eigenvalue weighted by Gasteiger charge is -2.22. The van der Waals surface area contributed by atoms with Crippen molar-refractivity contribution in [3.8, 4) is 0 Å². The van der Waals surface area contributed by atoms with Gasteiger partial charge in [-0.25, -0.2) is 0 Å². The maximum atomic E-state index is 12.9. The first-order chi connectivity index (χ1) is 23.3. The molecule has 4 aromatic rings. The maximum absolute atomic E-state index is 12.9.